The molecule has 39 heavy (non-hydrogen) atoms. The molecule has 0 spiro atoms. The van der Waals surface area contributed by atoms with Crippen molar-refractivity contribution in [3.8, 4) is 0 Å². The Morgan fingerprint density at radius 3 is 2.46 bits per heavy atom. The Bertz CT molecular complexity index is 1180. The summed E-state index contributed by atoms with van der Waals surface area (Å²) in [6.07, 6.45) is -1.40. The second-order valence-corrected chi connectivity index (χ2v) is 11.7. The first-order chi connectivity index (χ1) is 18.5. The predicted molar refractivity (Wildman–Crippen MR) is 145 cm³/mol. The molecule has 0 N–H and O–H groups in total. The molecular weight excluding hydrogens is 503 g/mol. The topological polar surface area (TPSA) is 36.0 Å². The van der Waals surface area contributed by atoms with Gasteiger partial charge in [0.15, 0.2) is 0 Å². The van der Waals surface area contributed by atoms with Crippen LogP contribution < -0.4 is 0 Å². The highest BCUT2D eigenvalue weighted by atomic mass is 19.4. The monoisotopic (exact) mass is 543 g/mol. The lowest BCUT2D eigenvalue weighted by Crippen LogP contribution is -2.51. The summed E-state index contributed by atoms with van der Waals surface area (Å²) in [5, 5.41) is 0. The van der Waals surface area contributed by atoms with Crippen LogP contribution in [0.15, 0.2) is 42.5 Å². The smallest absolute Gasteiger partial charge is 0.381 e. The SMILES string of the molecule is Cc1cc([C@@H](C)N(C)C(=O)N2CC[C@@H]3CN(C4CCOCC4)CC3[C@@H]2c2ccccc2C)cc(C(F)(F)F)c1. The van der Waals surface area contributed by atoms with Crippen molar-refractivity contribution in [2.45, 2.75) is 64.3 Å². The van der Waals surface area contributed by atoms with Crippen molar-refractivity contribution in [3.05, 3.63) is 70.3 Å². The summed E-state index contributed by atoms with van der Waals surface area (Å²) in [7, 11) is 1.71. The van der Waals surface area contributed by atoms with E-state index in [0.29, 0.717) is 35.5 Å². The van der Waals surface area contributed by atoms with E-state index in [1.165, 1.54) is 11.6 Å². The van der Waals surface area contributed by atoms with E-state index in [-0.39, 0.29) is 12.1 Å². The number of urea groups is 1. The number of benzene rings is 2. The molecule has 1 unspecified atom stereocenters. The Kier molecular flexibility index (Phi) is 7.98. The van der Waals surface area contributed by atoms with Gasteiger partial charge in [-0.1, -0.05) is 35.9 Å². The number of hydrogen-bond acceptors (Lipinski definition) is 3. The second kappa shape index (κ2) is 11.1. The Balaban J connectivity index is 1.43. The fraction of sp³-hybridized carbons (Fsp3) is 0.581. The molecule has 3 aliphatic heterocycles. The number of fused-ring (bicyclic) bond motifs is 1. The number of nitrogens with zero attached hydrogens (tertiary/aromatic N) is 3. The zero-order valence-corrected chi connectivity index (χ0v) is 23.4. The van der Waals surface area contributed by atoms with Crippen molar-refractivity contribution in [1.82, 2.24) is 14.7 Å². The standard InChI is InChI=1S/C31H40F3N3O2/c1-20-15-24(17-25(16-20)31(32,33)34)22(3)35(4)30(38)37-12-9-23-18-36(26-10-13-39-14-11-26)19-28(23)29(37)27-8-6-5-7-21(27)2/h5-8,15-17,22-23,26,28-29H,9-14,18-19H2,1-4H3/t22-,23-,28?,29+/m1/s1. The average Bonchev–Trinajstić information content (AvgIpc) is 3.36. The van der Waals surface area contributed by atoms with Crippen LogP contribution in [0, 0.1) is 25.7 Å². The van der Waals surface area contributed by atoms with Crippen LogP contribution in [0.4, 0.5) is 18.0 Å². The number of amides is 2. The highest BCUT2D eigenvalue weighted by molar-refractivity contribution is 5.75. The lowest BCUT2D eigenvalue weighted by molar-refractivity contribution is -0.137. The molecule has 3 aliphatic rings. The van der Waals surface area contributed by atoms with Gasteiger partial charge >= 0.3 is 12.2 Å². The number of likely N-dealkylation sites (tertiary alicyclic amines) is 2. The van der Waals surface area contributed by atoms with Crippen LogP contribution in [0.5, 0.6) is 0 Å². The van der Waals surface area contributed by atoms with Gasteiger partial charge in [0.1, 0.15) is 0 Å². The van der Waals surface area contributed by atoms with Crippen LogP contribution in [0.1, 0.15) is 66.1 Å². The molecule has 0 aromatic heterocycles. The highest BCUT2D eigenvalue weighted by Crippen LogP contribution is 2.46. The first-order valence-electron chi connectivity index (χ1n) is 14.1. The van der Waals surface area contributed by atoms with Crippen LogP contribution in [-0.2, 0) is 10.9 Å². The number of rotatable bonds is 4. The Morgan fingerprint density at radius 2 is 1.77 bits per heavy atom. The van der Waals surface area contributed by atoms with E-state index < -0.39 is 17.8 Å². The number of halogens is 3. The zero-order valence-electron chi connectivity index (χ0n) is 23.4. The third kappa shape index (κ3) is 5.68. The van der Waals surface area contributed by atoms with Gasteiger partial charge in [0, 0.05) is 51.9 Å². The molecule has 212 valence electrons. The minimum absolute atomic E-state index is 0.0693. The van der Waals surface area contributed by atoms with E-state index in [1.807, 2.05) is 24.0 Å². The van der Waals surface area contributed by atoms with Gasteiger partial charge in [0.25, 0.3) is 0 Å². The van der Waals surface area contributed by atoms with E-state index in [4.69, 9.17) is 4.74 Å². The number of alkyl halides is 3. The van der Waals surface area contributed by atoms with Crippen LogP contribution in [0.2, 0.25) is 0 Å². The summed E-state index contributed by atoms with van der Waals surface area (Å²) in [6.45, 7) is 9.82. The van der Waals surface area contributed by atoms with Crippen LogP contribution in [-0.4, -0.2) is 66.7 Å². The molecule has 0 saturated carbocycles. The van der Waals surface area contributed by atoms with E-state index in [9.17, 15) is 18.0 Å². The van der Waals surface area contributed by atoms with Gasteiger partial charge in [-0.15, -0.1) is 0 Å². The molecule has 2 amide bonds. The van der Waals surface area contributed by atoms with E-state index >= 15 is 0 Å². The largest absolute Gasteiger partial charge is 0.416 e. The summed E-state index contributed by atoms with van der Waals surface area (Å²) in [5.41, 5.74) is 2.68. The van der Waals surface area contributed by atoms with Gasteiger partial charge < -0.3 is 14.5 Å². The minimum atomic E-state index is -4.43. The van der Waals surface area contributed by atoms with E-state index in [2.05, 4.69) is 24.0 Å². The van der Waals surface area contributed by atoms with Gasteiger partial charge in [0.2, 0.25) is 0 Å². The summed E-state index contributed by atoms with van der Waals surface area (Å²) < 4.78 is 46.2. The molecule has 5 rings (SSSR count). The Hall–Kier alpha value is -2.58. The number of carbonyl (C=O) groups excluding carboxylic acids is 1. The fourth-order valence-electron chi connectivity index (χ4n) is 6.96. The van der Waals surface area contributed by atoms with Crippen molar-refractivity contribution in [2.24, 2.45) is 11.8 Å². The first kappa shape index (κ1) is 28.0. The maximum absolute atomic E-state index is 14.1. The van der Waals surface area contributed by atoms with Crippen molar-refractivity contribution in [1.29, 1.82) is 0 Å². The zero-order chi connectivity index (χ0) is 27.9. The van der Waals surface area contributed by atoms with Gasteiger partial charge in [-0.2, -0.15) is 13.2 Å². The molecule has 8 heteroatoms. The minimum Gasteiger partial charge on any atom is -0.381 e. The van der Waals surface area contributed by atoms with Gasteiger partial charge in [-0.25, -0.2) is 4.79 Å². The molecule has 3 fully saturated rings. The van der Waals surface area contributed by atoms with Crippen molar-refractivity contribution >= 4 is 6.03 Å². The van der Waals surface area contributed by atoms with Crippen molar-refractivity contribution < 1.29 is 22.7 Å². The molecule has 5 nitrogen and oxygen atoms in total. The summed E-state index contributed by atoms with van der Waals surface area (Å²) in [5.74, 6) is 0.821. The molecule has 0 bridgehead atoms. The average molecular weight is 544 g/mol. The maximum atomic E-state index is 14.1. The van der Waals surface area contributed by atoms with Gasteiger partial charge in [-0.3, -0.25) is 4.90 Å². The third-order valence-electron chi connectivity index (χ3n) is 9.25. The van der Waals surface area contributed by atoms with Gasteiger partial charge in [0.05, 0.1) is 17.6 Å². The number of hydrogen-bond donors (Lipinski definition) is 0. The number of aryl methyl sites for hydroxylation is 2. The second-order valence-electron chi connectivity index (χ2n) is 11.7. The summed E-state index contributed by atoms with van der Waals surface area (Å²) in [6, 6.07) is 12.2. The number of ether oxygens (including phenoxy) is 1. The molecule has 3 heterocycles. The van der Waals surface area contributed by atoms with Crippen molar-refractivity contribution in [2.75, 3.05) is 39.9 Å². The normalized spacial score (nSPS) is 25.4. The number of piperidine rings is 1. The Morgan fingerprint density at radius 1 is 1.05 bits per heavy atom. The van der Waals surface area contributed by atoms with Gasteiger partial charge in [-0.05, 0) is 74.8 Å². The first-order valence-corrected chi connectivity index (χ1v) is 14.1. The van der Waals surface area contributed by atoms with E-state index in [1.54, 1.807) is 24.9 Å². The predicted octanol–water partition coefficient (Wildman–Crippen LogP) is 6.61. The summed E-state index contributed by atoms with van der Waals surface area (Å²) >= 11 is 0. The molecule has 3 saturated heterocycles. The number of carbonyl (C=O) groups is 1. The highest BCUT2D eigenvalue weighted by Gasteiger charge is 2.48. The lowest BCUT2D eigenvalue weighted by atomic mass is 9.78. The van der Waals surface area contributed by atoms with Crippen LogP contribution in [0.25, 0.3) is 0 Å². The molecule has 2 aromatic rings. The van der Waals surface area contributed by atoms with Crippen molar-refractivity contribution in [3.63, 3.8) is 0 Å². The van der Waals surface area contributed by atoms with E-state index in [0.717, 1.165) is 57.2 Å². The fourth-order valence-corrected chi connectivity index (χ4v) is 6.96. The molecule has 4 atom stereocenters. The van der Waals surface area contributed by atoms with Crippen LogP contribution in [0.3, 0.4) is 0 Å². The Labute approximate surface area is 229 Å². The summed E-state index contributed by atoms with van der Waals surface area (Å²) in [4.78, 5) is 20.4. The molecular formula is C31H40F3N3O2. The molecule has 2 aromatic carbocycles. The molecule has 0 aliphatic carbocycles. The maximum Gasteiger partial charge on any atom is 0.416 e. The van der Waals surface area contributed by atoms with Crippen LogP contribution >= 0.6 is 0 Å². The third-order valence-corrected chi connectivity index (χ3v) is 9.25. The quantitative estimate of drug-likeness (QED) is 0.436. The molecule has 0 radical (unpaired) electrons. The lowest BCUT2D eigenvalue weighted by Gasteiger charge is -2.45.